The lowest BCUT2D eigenvalue weighted by Crippen LogP contribution is -2.19. The number of nitrogens with one attached hydrogen (secondary N) is 1. The Morgan fingerprint density at radius 1 is 0.963 bits per heavy atom. The molecule has 2 aromatic rings. The summed E-state index contributed by atoms with van der Waals surface area (Å²) in [6, 6.07) is 9.97. The Bertz CT molecular complexity index is 825. The van der Waals surface area contributed by atoms with Crippen LogP contribution in [0.5, 0.6) is 0 Å². The fourth-order valence-corrected chi connectivity index (χ4v) is 3.93. The maximum Gasteiger partial charge on any atom is 0.250 e. The molecule has 0 unspecified atom stereocenters. The fraction of sp³-hybridized carbons (Fsp3) is 0.304. The van der Waals surface area contributed by atoms with Gasteiger partial charge in [-0.2, -0.15) is 5.10 Å². The van der Waals surface area contributed by atoms with Crippen LogP contribution in [0.2, 0.25) is 0 Å². The molecule has 0 radical (unpaired) electrons. The quantitative estimate of drug-likeness (QED) is 0.525. The number of allylic oxidation sites excluding steroid dienone is 1. The fourth-order valence-electron chi connectivity index (χ4n) is 2.94. The number of hydrogen-bond acceptors (Lipinski definition) is 3. The Balaban J connectivity index is 1.81. The van der Waals surface area contributed by atoms with E-state index in [1.165, 1.54) is 33.4 Å². The van der Waals surface area contributed by atoms with Gasteiger partial charge in [0.05, 0.1) is 5.75 Å². The van der Waals surface area contributed by atoms with Crippen LogP contribution in [0, 0.1) is 34.6 Å². The monoisotopic (exact) mass is 380 g/mol. The first-order valence-corrected chi connectivity index (χ1v) is 10.2. The summed E-state index contributed by atoms with van der Waals surface area (Å²) in [5, 5.41) is 3.96. The van der Waals surface area contributed by atoms with Crippen LogP contribution in [0.1, 0.15) is 38.9 Å². The first-order chi connectivity index (χ1) is 12.9. The number of carbonyl (C=O) groups is 1. The maximum absolute atomic E-state index is 12.0. The van der Waals surface area contributed by atoms with Crippen molar-refractivity contribution in [2.24, 2.45) is 5.10 Å². The van der Waals surface area contributed by atoms with Gasteiger partial charge in [0.1, 0.15) is 0 Å². The van der Waals surface area contributed by atoms with Gasteiger partial charge in [-0.3, -0.25) is 4.79 Å². The van der Waals surface area contributed by atoms with Crippen LogP contribution in [-0.4, -0.2) is 17.9 Å². The number of nitrogens with zero attached hydrogens (tertiary/aromatic N) is 1. The summed E-state index contributed by atoms with van der Waals surface area (Å²) in [4.78, 5) is 12.0. The molecule has 0 fully saturated rings. The maximum atomic E-state index is 12.0. The predicted molar refractivity (Wildman–Crippen MR) is 118 cm³/mol. The molecule has 4 heteroatoms. The van der Waals surface area contributed by atoms with Crippen molar-refractivity contribution in [3.63, 3.8) is 0 Å². The van der Waals surface area contributed by atoms with Crippen LogP contribution in [0.15, 0.2) is 41.5 Å². The minimum atomic E-state index is -0.0831. The second-order valence-corrected chi connectivity index (χ2v) is 7.66. The Kier molecular flexibility index (Phi) is 7.86. The van der Waals surface area contributed by atoms with Crippen LogP contribution >= 0.6 is 11.8 Å². The zero-order valence-electron chi connectivity index (χ0n) is 16.8. The second-order valence-electron chi connectivity index (χ2n) is 6.68. The molecule has 142 valence electrons. The van der Waals surface area contributed by atoms with E-state index in [2.05, 4.69) is 45.1 Å². The molecular weight excluding hydrogens is 352 g/mol. The highest BCUT2D eigenvalue weighted by molar-refractivity contribution is 7.99. The van der Waals surface area contributed by atoms with Crippen LogP contribution in [-0.2, 0) is 10.5 Å². The Labute approximate surface area is 167 Å². The predicted octanol–water partition coefficient (Wildman–Crippen LogP) is 5.28. The second kappa shape index (κ2) is 10.1. The van der Waals surface area contributed by atoms with Gasteiger partial charge in [0.25, 0.3) is 0 Å². The first-order valence-electron chi connectivity index (χ1n) is 9.09. The van der Waals surface area contributed by atoms with E-state index in [0.29, 0.717) is 5.75 Å². The van der Waals surface area contributed by atoms with Crippen LogP contribution in [0.3, 0.4) is 0 Å². The number of thioether (sulfide) groups is 1. The van der Waals surface area contributed by atoms with E-state index in [1.54, 1.807) is 18.0 Å². The third kappa shape index (κ3) is 5.83. The zero-order chi connectivity index (χ0) is 19.8. The number of carbonyl (C=O) groups excluding carboxylic acids is 1. The van der Waals surface area contributed by atoms with Crippen molar-refractivity contribution in [1.82, 2.24) is 5.43 Å². The van der Waals surface area contributed by atoms with Gasteiger partial charge >= 0.3 is 0 Å². The van der Waals surface area contributed by atoms with Gasteiger partial charge in [-0.25, -0.2) is 5.43 Å². The Morgan fingerprint density at radius 2 is 1.56 bits per heavy atom. The van der Waals surface area contributed by atoms with Gasteiger partial charge < -0.3 is 0 Å². The number of hydrogen-bond donors (Lipinski definition) is 1. The Hall–Kier alpha value is -2.33. The molecule has 2 rings (SSSR count). The van der Waals surface area contributed by atoms with Crippen LogP contribution < -0.4 is 5.43 Å². The van der Waals surface area contributed by atoms with Crippen molar-refractivity contribution in [1.29, 1.82) is 0 Å². The highest BCUT2D eigenvalue weighted by Gasteiger charge is 2.12. The van der Waals surface area contributed by atoms with E-state index in [9.17, 15) is 4.79 Å². The molecule has 0 bridgehead atoms. The average Bonchev–Trinajstić information content (AvgIpc) is 2.68. The molecule has 27 heavy (non-hydrogen) atoms. The lowest BCUT2D eigenvalue weighted by molar-refractivity contribution is -0.118. The lowest BCUT2D eigenvalue weighted by atomic mass is 9.90. The molecule has 0 saturated carbocycles. The number of hydrazone groups is 1. The zero-order valence-corrected chi connectivity index (χ0v) is 17.6. The van der Waals surface area contributed by atoms with E-state index in [-0.39, 0.29) is 5.91 Å². The summed E-state index contributed by atoms with van der Waals surface area (Å²) in [5.41, 5.74) is 11.8. The van der Waals surface area contributed by atoms with Gasteiger partial charge in [-0.15, -0.1) is 11.8 Å². The molecule has 2 aromatic carbocycles. The van der Waals surface area contributed by atoms with Crippen molar-refractivity contribution in [3.8, 4) is 0 Å². The molecule has 0 spiro atoms. The average molecular weight is 381 g/mol. The van der Waals surface area contributed by atoms with Crippen molar-refractivity contribution < 1.29 is 4.79 Å². The van der Waals surface area contributed by atoms with Crippen molar-refractivity contribution in [2.45, 2.75) is 40.4 Å². The van der Waals surface area contributed by atoms with E-state index in [1.807, 2.05) is 42.5 Å². The topological polar surface area (TPSA) is 41.5 Å². The Morgan fingerprint density at radius 3 is 2.19 bits per heavy atom. The normalized spacial score (nSPS) is 11.4. The van der Waals surface area contributed by atoms with E-state index in [0.717, 1.165) is 11.3 Å². The smallest absolute Gasteiger partial charge is 0.250 e. The van der Waals surface area contributed by atoms with Crippen molar-refractivity contribution in [2.75, 3.05) is 5.75 Å². The summed E-state index contributed by atoms with van der Waals surface area (Å²) < 4.78 is 0. The third-order valence-corrected chi connectivity index (χ3v) is 6.03. The van der Waals surface area contributed by atoms with Gasteiger partial charge in [0, 0.05) is 12.0 Å². The van der Waals surface area contributed by atoms with Crippen LogP contribution in [0.4, 0.5) is 0 Å². The molecule has 0 aliphatic carbocycles. The van der Waals surface area contributed by atoms with Gasteiger partial charge in [-0.1, -0.05) is 36.4 Å². The molecule has 3 nitrogen and oxygen atoms in total. The van der Waals surface area contributed by atoms with Crippen molar-refractivity contribution in [3.05, 3.63) is 75.4 Å². The summed E-state index contributed by atoms with van der Waals surface area (Å²) in [5.74, 6) is 1.15. The minimum Gasteiger partial charge on any atom is -0.272 e. The third-order valence-electron chi connectivity index (χ3n) is 5.07. The van der Waals surface area contributed by atoms with E-state index < -0.39 is 0 Å². The van der Waals surface area contributed by atoms with E-state index >= 15 is 0 Å². The number of rotatable bonds is 7. The van der Waals surface area contributed by atoms with Gasteiger partial charge in [-0.05, 0) is 79.6 Å². The molecule has 0 atom stereocenters. The van der Waals surface area contributed by atoms with Crippen LogP contribution in [0.25, 0.3) is 6.08 Å². The summed E-state index contributed by atoms with van der Waals surface area (Å²) in [6.07, 6.45) is 5.35. The minimum absolute atomic E-state index is 0.0831. The molecule has 1 amide bonds. The molecule has 0 aliphatic heterocycles. The lowest BCUT2D eigenvalue weighted by Gasteiger charge is -2.18. The molecule has 0 aromatic heterocycles. The molecule has 0 heterocycles. The van der Waals surface area contributed by atoms with Gasteiger partial charge in [0.2, 0.25) is 5.91 Å². The van der Waals surface area contributed by atoms with Crippen molar-refractivity contribution >= 4 is 30.0 Å². The molecular formula is C23H28N2OS. The number of benzene rings is 2. The summed E-state index contributed by atoms with van der Waals surface area (Å²) in [7, 11) is 0. The highest BCUT2D eigenvalue weighted by Crippen LogP contribution is 2.28. The number of amides is 1. The summed E-state index contributed by atoms with van der Waals surface area (Å²) >= 11 is 1.62. The standard InChI is InChI=1S/C23H28N2OS/c1-16-17(2)19(4)22(20(5)18(16)3)14-27-15-23(26)25-24-13-9-12-21-10-7-6-8-11-21/h6-13H,14-15H2,1-5H3,(H,25,26)/b12-9+,24-13+. The largest absolute Gasteiger partial charge is 0.272 e. The van der Waals surface area contributed by atoms with Gasteiger partial charge in [0.15, 0.2) is 0 Å². The first kappa shape index (κ1) is 21.0. The highest BCUT2D eigenvalue weighted by atomic mass is 32.2. The molecule has 1 N–H and O–H groups in total. The molecule has 0 aliphatic rings. The SMILES string of the molecule is Cc1c(C)c(C)c(CSCC(=O)N/N=C/C=C/c2ccccc2)c(C)c1C. The van der Waals surface area contributed by atoms with E-state index in [4.69, 9.17) is 0 Å². The molecule has 0 saturated heterocycles. The summed E-state index contributed by atoms with van der Waals surface area (Å²) in [6.45, 7) is 10.9.